The van der Waals surface area contributed by atoms with E-state index in [-0.39, 0.29) is 24.0 Å². The van der Waals surface area contributed by atoms with Gasteiger partial charge in [0.25, 0.3) is 0 Å². The Morgan fingerprint density at radius 1 is 1.20 bits per heavy atom. The van der Waals surface area contributed by atoms with Gasteiger partial charge in [0.2, 0.25) is 0 Å². The second kappa shape index (κ2) is 4.75. The van der Waals surface area contributed by atoms with E-state index >= 15 is 0 Å². The summed E-state index contributed by atoms with van der Waals surface area (Å²) in [5.41, 5.74) is 0. The van der Waals surface area contributed by atoms with Crippen LogP contribution >= 0.6 is 0 Å². The van der Waals surface area contributed by atoms with Crippen LogP contribution in [0.4, 0.5) is 0 Å². The van der Waals surface area contributed by atoms with Gasteiger partial charge in [0.15, 0.2) is 0 Å². The predicted octanol–water partition coefficient (Wildman–Crippen LogP) is 1.43. The van der Waals surface area contributed by atoms with E-state index in [4.69, 9.17) is 9.47 Å². The van der Waals surface area contributed by atoms with Gasteiger partial charge in [0.1, 0.15) is 0 Å². The molecule has 2 rings (SSSR count). The molecule has 0 bridgehead atoms. The van der Waals surface area contributed by atoms with Crippen LogP contribution in [0.1, 0.15) is 38.5 Å². The van der Waals surface area contributed by atoms with Crippen LogP contribution in [0.25, 0.3) is 0 Å². The zero-order valence-corrected chi connectivity index (χ0v) is 8.74. The number of carbonyl (C=O) groups is 2. The van der Waals surface area contributed by atoms with E-state index in [1.165, 1.54) is 0 Å². The Kier molecular flexibility index (Phi) is 3.36. The average Bonchev–Trinajstić information content (AvgIpc) is 2.63. The van der Waals surface area contributed by atoms with Gasteiger partial charge in [0.05, 0.1) is 12.0 Å². The smallest absolute Gasteiger partial charge is 0.316 e. The number of hydrogen-bond acceptors (Lipinski definition) is 4. The second-order valence-corrected chi connectivity index (χ2v) is 4.25. The lowest BCUT2D eigenvalue weighted by molar-refractivity contribution is -0.161. The first-order chi connectivity index (χ1) is 7.25. The molecule has 0 aromatic rings. The van der Waals surface area contributed by atoms with Crippen molar-refractivity contribution in [1.29, 1.82) is 0 Å². The fraction of sp³-hybridized carbons (Fsp3) is 0.818. The molecule has 2 atom stereocenters. The molecule has 0 aromatic carbocycles. The summed E-state index contributed by atoms with van der Waals surface area (Å²) in [5.74, 6) is -0.873. The first kappa shape index (κ1) is 10.6. The van der Waals surface area contributed by atoms with E-state index in [9.17, 15) is 9.59 Å². The van der Waals surface area contributed by atoms with Crippen molar-refractivity contribution in [2.24, 2.45) is 5.92 Å². The van der Waals surface area contributed by atoms with E-state index in [0.29, 0.717) is 12.8 Å². The fourth-order valence-corrected chi connectivity index (χ4v) is 2.22. The molecular formula is C11H16O4. The lowest BCUT2D eigenvalue weighted by Crippen LogP contribution is -2.22. The Bertz CT molecular complexity index is 255. The number of cyclic esters (lactones) is 2. The van der Waals surface area contributed by atoms with Crippen molar-refractivity contribution in [3.8, 4) is 0 Å². The van der Waals surface area contributed by atoms with Gasteiger partial charge in [-0.15, -0.1) is 0 Å². The van der Waals surface area contributed by atoms with Crippen LogP contribution in [0.5, 0.6) is 0 Å². The van der Waals surface area contributed by atoms with Crippen LogP contribution in [-0.4, -0.2) is 24.6 Å². The molecule has 2 fully saturated rings. The summed E-state index contributed by atoms with van der Waals surface area (Å²) in [6.07, 6.45) is 4.88. The van der Waals surface area contributed by atoms with E-state index in [1.807, 2.05) is 0 Å². The third-order valence-corrected chi connectivity index (χ3v) is 3.05. The maximum Gasteiger partial charge on any atom is 0.316 e. The van der Waals surface area contributed by atoms with Crippen molar-refractivity contribution in [3.05, 3.63) is 0 Å². The van der Waals surface area contributed by atoms with Crippen LogP contribution in [0.2, 0.25) is 0 Å². The normalized spacial score (nSPS) is 32.5. The Morgan fingerprint density at radius 2 is 2.07 bits per heavy atom. The molecule has 0 radical (unpaired) electrons. The highest BCUT2D eigenvalue weighted by molar-refractivity contribution is 5.87. The van der Waals surface area contributed by atoms with Crippen LogP contribution in [0, 0.1) is 5.92 Å². The van der Waals surface area contributed by atoms with Crippen LogP contribution in [-0.2, 0) is 19.1 Å². The summed E-state index contributed by atoms with van der Waals surface area (Å²) in [7, 11) is 0. The topological polar surface area (TPSA) is 52.6 Å². The van der Waals surface area contributed by atoms with Gasteiger partial charge < -0.3 is 9.47 Å². The highest BCUT2D eigenvalue weighted by Gasteiger charge is 2.30. The van der Waals surface area contributed by atoms with Gasteiger partial charge in [0, 0.05) is 13.0 Å². The van der Waals surface area contributed by atoms with Crippen molar-refractivity contribution in [2.45, 2.75) is 44.6 Å². The van der Waals surface area contributed by atoms with E-state index < -0.39 is 0 Å². The number of rotatable bonds is 2. The average molecular weight is 212 g/mol. The molecule has 2 heterocycles. The molecular weight excluding hydrogens is 196 g/mol. The molecule has 84 valence electrons. The Morgan fingerprint density at radius 3 is 2.80 bits per heavy atom. The zero-order valence-electron chi connectivity index (χ0n) is 8.74. The molecule has 0 aromatic heterocycles. The minimum absolute atomic E-state index is 0.139. The predicted molar refractivity (Wildman–Crippen MR) is 52.0 cm³/mol. The van der Waals surface area contributed by atoms with Gasteiger partial charge in [-0.25, -0.2) is 0 Å². The molecule has 2 aliphatic heterocycles. The van der Waals surface area contributed by atoms with Gasteiger partial charge in [-0.3, -0.25) is 9.59 Å². The van der Waals surface area contributed by atoms with Crippen molar-refractivity contribution in [3.63, 3.8) is 0 Å². The quantitative estimate of drug-likeness (QED) is 0.513. The summed E-state index contributed by atoms with van der Waals surface area (Å²) < 4.78 is 10.2. The van der Waals surface area contributed by atoms with Crippen LogP contribution in [0.3, 0.4) is 0 Å². The lowest BCUT2D eigenvalue weighted by Gasteiger charge is -2.15. The minimum atomic E-state index is -0.380. The minimum Gasteiger partial charge on any atom is -0.393 e. The third-order valence-electron chi connectivity index (χ3n) is 3.05. The zero-order chi connectivity index (χ0) is 10.7. The summed E-state index contributed by atoms with van der Waals surface area (Å²) >= 11 is 0. The summed E-state index contributed by atoms with van der Waals surface area (Å²) in [4.78, 5) is 22.5. The van der Waals surface area contributed by atoms with Crippen molar-refractivity contribution < 1.29 is 19.1 Å². The van der Waals surface area contributed by atoms with Gasteiger partial charge in [-0.2, -0.15) is 0 Å². The van der Waals surface area contributed by atoms with Gasteiger partial charge in [-0.1, -0.05) is 0 Å². The van der Waals surface area contributed by atoms with E-state index in [0.717, 1.165) is 32.3 Å². The number of hydrogen-bond donors (Lipinski definition) is 0. The summed E-state index contributed by atoms with van der Waals surface area (Å²) in [5, 5.41) is 0. The highest BCUT2D eigenvalue weighted by Crippen LogP contribution is 2.26. The van der Waals surface area contributed by atoms with E-state index in [1.54, 1.807) is 0 Å². The van der Waals surface area contributed by atoms with Crippen molar-refractivity contribution >= 4 is 11.9 Å². The lowest BCUT2D eigenvalue weighted by atomic mass is 9.95. The standard InChI is InChI=1S/C11H16O4/c12-10-5-1-3-8(11(13)15-10)7-9-4-2-6-14-9/h8-9H,1-7H2. The molecule has 0 spiro atoms. The molecule has 2 saturated heterocycles. The second-order valence-electron chi connectivity index (χ2n) is 4.25. The Labute approximate surface area is 88.9 Å². The van der Waals surface area contributed by atoms with Gasteiger partial charge in [-0.05, 0) is 32.1 Å². The van der Waals surface area contributed by atoms with Crippen LogP contribution < -0.4 is 0 Å². The molecule has 4 heteroatoms. The fourth-order valence-electron chi connectivity index (χ4n) is 2.22. The molecule has 2 aliphatic rings. The molecule has 2 unspecified atom stereocenters. The first-order valence-electron chi connectivity index (χ1n) is 5.62. The largest absolute Gasteiger partial charge is 0.393 e. The maximum atomic E-state index is 11.5. The van der Waals surface area contributed by atoms with Crippen molar-refractivity contribution in [2.75, 3.05) is 6.61 Å². The first-order valence-corrected chi connectivity index (χ1v) is 5.62. The summed E-state index contributed by atoms with van der Waals surface area (Å²) in [6.45, 7) is 0.797. The Hall–Kier alpha value is -0.900. The monoisotopic (exact) mass is 212 g/mol. The third kappa shape index (κ3) is 2.78. The number of ether oxygens (including phenoxy) is 2. The van der Waals surface area contributed by atoms with Crippen LogP contribution in [0.15, 0.2) is 0 Å². The van der Waals surface area contributed by atoms with E-state index in [2.05, 4.69) is 0 Å². The number of esters is 2. The van der Waals surface area contributed by atoms with Gasteiger partial charge >= 0.3 is 11.9 Å². The molecule has 4 nitrogen and oxygen atoms in total. The molecule has 0 saturated carbocycles. The molecule has 0 amide bonds. The van der Waals surface area contributed by atoms with Crippen molar-refractivity contribution in [1.82, 2.24) is 0 Å². The molecule has 0 aliphatic carbocycles. The maximum absolute atomic E-state index is 11.5. The molecule has 0 N–H and O–H groups in total. The number of carbonyl (C=O) groups excluding carboxylic acids is 2. The summed E-state index contributed by atoms with van der Waals surface area (Å²) in [6, 6.07) is 0. The SMILES string of the molecule is O=C1CCCC(CC2CCCO2)C(=O)O1. The Balaban J connectivity index is 1.89. The highest BCUT2D eigenvalue weighted by atomic mass is 16.6. The molecule has 15 heavy (non-hydrogen) atoms.